The smallest absolute Gasteiger partial charge is 0.243 e. The predicted octanol–water partition coefficient (Wildman–Crippen LogP) is 0.717. The van der Waals surface area contributed by atoms with E-state index in [4.69, 9.17) is 0 Å². The maximum atomic E-state index is 12.4. The molecule has 1 aromatic rings. The molecule has 1 heterocycles. The van der Waals surface area contributed by atoms with Crippen molar-refractivity contribution in [1.82, 2.24) is 9.21 Å². The van der Waals surface area contributed by atoms with Gasteiger partial charge in [0, 0.05) is 25.7 Å². The fourth-order valence-corrected chi connectivity index (χ4v) is 3.51. The third-order valence-corrected chi connectivity index (χ3v) is 5.28. The number of piperazine rings is 1. The second-order valence-corrected chi connectivity index (χ2v) is 6.62. The van der Waals surface area contributed by atoms with Gasteiger partial charge < -0.3 is 10.0 Å². The number of benzene rings is 1. The van der Waals surface area contributed by atoms with Gasteiger partial charge in [-0.2, -0.15) is 4.31 Å². The number of hydrogen-bond acceptors (Lipinski definition) is 4. The van der Waals surface area contributed by atoms with Crippen molar-refractivity contribution >= 4 is 10.0 Å². The van der Waals surface area contributed by atoms with E-state index in [0.29, 0.717) is 13.1 Å². The van der Waals surface area contributed by atoms with E-state index >= 15 is 0 Å². The lowest BCUT2D eigenvalue weighted by atomic mass is 10.2. The second kappa shape index (κ2) is 4.87. The van der Waals surface area contributed by atoms with E-state index in [-0.39, 0.29) is 16.7 Å². The van der Waals surface area contributed by atoms with E-state index in [1.54, 1.807) is 0 Å². The average Bonchev–Trinajstić information content (AvgIpc) is 2.33. The zero-order valence-corrected chi connectivity index (χ0v) is 11.4. The highest BCUT2D eigenvalue weighted by Gasteiger charge is 2.30. The largest absolute Gasteiger partial charge is 0.508 e. The molecule has 0 radical (unpaired) electrons. The third-order valence-electron chi connectivity index (χ3n) is 3.40. The summed E-state index contributed by atoms with van der Waals surface area (Å²) >= 11 is 0. The van der Waals surface area contributed by atoms with Crippen LogP contribution in [0.1, 0.15) is 6.92 Å². The van der Waals surface area contributed by atoms with Crippen molar-refractivity contribution in [2.24, 2.45) is 0 Å². The zero-order chi connectivity index (χ0) is 13.3. The summed E-state index contributed by atoms with van der Waals surface area (Å²) in [7, 11) is -1.44. The maximum Gasteiger partial charge on any atom is 0.243 e. The minimum Gasteiger partial charge on any atom is -0.508 e. The van der Waals surface area contributed by atoms with E-state index in [1.807, 2.05) is 14.0 Å². The molecule has 1 fully saturated rings. The van der Waals surface area contributed by atoms with Gasteiger partial charge in [0.25, 0.3) is 0 Å². The van der Waals surface area contributed by atoms with Crippen LogP contribution in [-0.4, -0.2) is 55.5 Å². The first-order valence-electron chi connectivity index (χ1n) is 5.90. The highest BCUT2D eigenvalue weighted by molar-refractivity contribution is 7.89. The summed E-state index contributed by atoms with van der Waals surface area (Å²) in [4.78, 5) is 2.38. The van der Waals surface area contributed by atoms with Crippen molar-refractivity contribution in [3.63, 3.8) is 0 Å². The van der Waals surface area contributed by atoms with Crippen LogP contribution in [0.5, 0.6) is 5.75 Å². The lowest BCUT2D eigenvalue weighted by Crippen LogP contribution is -2.51. The lowest BCUT2D eigenvalue weighted by Gasteiger charge is -2.36. The number of phenolic OH excluding ortho intramolecular Hbond substituents is 1. The van der Waals surface area contributed by atoms with Gasteiger partial charge in [0.1, 0.15) is 5.75 Å². The number of phenols is 1. The van der Waals surface area contributed by atoms with E-state index in [1.165, 1.54) is 28.6 Å². The summed E-state index contributed by atoms with van der Waals surface area (Å²) in [5.74, 6) is 0.0701. The molecule has 1 N–H and O–H groups in total. The van der Waals surface area contributed by atoms with Crippen LogP contribution in [0.4, 0.5) is 0 Å². The molecule has 0 saturated carbocycles. The Morgan fingerprint density at radius 1 is 1.22 bits per heavy atom. The molecule has 2 rings (SSSR count). The van der Waals surface area contributed by atoms with Gasteiger partial charge >= 0.3 is 0 Å². The summed E-state index contributed by atoms with van der Waals surface area (Å²) in [5.41, 5.74) is 0. The maximum absolute atomic E-state index is 12.4. The quantitative estimate of drug-likeness (QED) is 0.860. The number of likely N-dealkylation sites (N-methyl/N-ethyl adjacent to an activating group) is 1. The van der Waals surface area contributed by atoms with Crippen LogP contribution in [0.2, 0.25) is 0 Å². The van der Waals surface area contributed by atoms with Crippen molar-refractivity contribution in [2.75, 3.05) is 26.7 Å². The molecule has 100 valence electrons. The SMILES string of the molecule is CC1CN(S(=O)(=O)c2ccc(O)cc2)CCN1C. The molecule has 1 saturated heterocycles. The molecule has 6 heteroatoms. The van der Waals surface area contributed by atoms with Crippen LogP contribution in [0, 0.1) is 0 Å². The molecular weight excluding hydrogens is 252 g/mol. The minimum absolute atomic E-state index is 0.0701. The standard InChI is InChI=1S/C12H18N2O3S/c1-10-9-14(8-7-13(10)2)18(16,17)12-5-3-11(15)4-6-12/h3-6,10,15H,7-9H2,1-2H3. The normalized spacial score (nSPS) is 23.1. The van der Waals surface area contributed by atoms with Gasteiger partial charge in [-0.1, -0.05) is 0 Å². The predicted molar refractivity (Wildman–Crippen MR) is 69.0 cm³/mol. The van der Waals surface area contributed by atoms with Gasteiger partial charge in [0.2, 0.25) is 10.0 Å². The topological polar surface area (TPSA) is 60.9 Å². The fraction of sp³-hybridized carbons (Fsp3) is 0.500. The van der Waals surface area contributed by atoms with Crippen LogP contribution in [-0.2, 0) is 10.0 Å². The molecule has 1 atom stereocenters. The molecule has 0 spiro atoms. The first kappa shape index (κ1) is 13.3. The highest BCUT2D eigenvalue weighted by atomic mass is 32.2. The van der Waals surface area contributed by atoms with Gasteiger partial charge in [-0.3, -0.25) is 0 Å². The van der Waals surface area contributed by atoms with Crippen LogP contribution in [0.15, 0.2) is 29.2 Å². The van der Waals surface area contributed by atoms with Crippen molar-refractivity contribution in [2.45, 2.75) is 17.9 Å². The van der Waals surface area contributed by atoms with Crippen LogP contribution in [0.25, 0.3) is 0 Å². The summed E-state index contributed by atoms with van der Waals surface area (Å²) in [6, 6.07) is 5.88. The summed E-state index contributed by atoms with van der Waals surface area (Å²) in [6.45, 7) is 3.75. The Morgan fingerprint density at radius 2 is 1.83 bits per heavy atom. The molecule has 0 aromatic heterocycles. The molecule has 18 heavy (non-hydrogen) atoms. The highest BCUT2D eigenvalue weighted by Crippen LogP contribution is 2.21. The van der Waals surface area contributed by atoms with Crippen LogP contribution >= 0.6 is 0 Å². The molecule has 1 aromatic carbocycles. The molecule has 5 nitrogen and oxygen atoms in total. The lowest BCUT2D eigenvalue weighted by molar-refractivity contribution is 0.159. The van der Waals surface area contributed by atoms with Gasteiger partial charge in [-0.05, 0) is 38.2 Å². The van der Waals surface area contributed by atoms with Gasteiger partial charge in [0.05, 0.1) is 4.90 Å². The number of nitrogens with zero attached hydrogens (tertiary/aromatic N) is 2. The minimum atomic E-state index is -3.44. The molecular formula is C12H18N2O3S. The Bertz CT molecular complexity index is 513. The Labute approximate surface area is 108 Å². The number of aromatic hydroxyl groups is 1. The van der Waals surface area contributed by atoms with E-state index in [2.05, 4.69) is 4.90 Å². The van der Waals surface area contributed by atoms with Crippen molar-refractivity contribution in [1.29, 1.82) is 0 Å². The molecule has 0 aliphatic carbocycles. The summed E-state index contributed by atoms with van der Waals surface area (Å²) in [5, 5.41) is 9.19. The van der Waals surface area contributed by atoms with Gasteiger partial charge in [0.15, 0.2) is 0 Å². The Kier molecular flexibility index (Phi) is 3.61. The number of rotatable bonds is 2. The van der Waals surface area contributed by atoms with Crippen molar-refractivity contribution in [3.8, 4) is 5.75 Å². The van der Waals surface area contributed by atoms with Crippen LogP contribution in [0.3, 0.4) is 0 Å². The Hall–Kier alpha value is -1.11. The summed E-state index contributed by atoms with van der Waals surface area (Å²) in [6.07, 6.45) is 0. The first-order chi connectivity index (χ1) is 8.41. The molecule has 1 aliphatic heterocycles. The van der Waals surface area contributed by atoms with Crippen molar-refractivity contribution in [3.05, 3.63) is 24.3 Å². The first-order valence-corrected chi connectivity index (χ1v) is 7.34. The van der Waals surface area contributed by atoms with Gasteiger partial charge in [-0.15, -0.1) is 0 Å². The Balaban J connectivity index is 2.24. The zero-order valence-electron chi connectivity index (χ0n) is 10.6. The number of sulfonamides is 1. The third kappa shape index (κ3) is 2.50. The molecule has 0 bridgehead atoms. The molecule has 0 amide bonds. The van der Waals surface area contributed by atoms with Gasteiger partial charge in [-0.25, -0.2) is 8.42 Å². The fourth-order valence-electron chi connectivity index (χ4n) is 2.00. The monoisotopic (exact) mass is 270 g/mol. The Morgan fingerprint density at radius 3 is 2.39 bits per heavy atom. The second-order valence-electron chi connectivity index (χ2n) is 4.69. The molecule has 1 aliphatic rings. The van der Waals surface area contributed by atoms with E-state index in [0.717, 1.165) is 6.54 Å². The van der Waals surface area contributed by atoms with Crippen molar-refractivity contribution < 1.29 is 13.5 Å². The van der Waals surface area contributed by atoms with E-state index in [9.17, 15) is 13.5 Å². The van der Waals surface area contributed by atoms with E-state index < -0.39 is 10.0 Å². The summed E-state index contributed by atoms with van der Waals surface area (Å²) < 4.78 is 26.3. The number of hydrogen-bond donors (Lipinski definition) is 1. The average molecular weight is 270 g/mol. The van der Waals surface area contributed by atoms with Crippen LogP contribution < -0.4 is 0 Å². The molecule has 1 unspecified atom stereocenters.